The number of likely N-dealkylation sites (N-methyl/N-ethyl adjacent to an activating group) is 1. The number of nitrogens with zero attached hydrogens (tertiary/aromatic N) is 3. The van der Waals surface area contributed by atoms with Crippen molar-refractivity contribution in [3.8, 4) is 11.6 Å². The van der Waals surface area contributed by atoms with E-state index in [2.05, 4.69) is 27.1 Å². The molecule has 1 unspecified atom stereocenters. The Balaban J connectivity index is 1.46. The van der Waals surface area contributed by atoms with Gasteiger partial charge in [-0.2, -0.15) is 13.2 Å². The van der Waals surface area contributed by atoms with Crippen LogP contribution in [0.3, 0.4) is 0 Å². The molecule has 208 valence electrons. The predicted octanol–water partition coefficient (Wildman–Crippen LogP) is 5.11. The predicted molar refractivity (Wildman–Crippen MR) is 142 cm³/mol. The molecule has 2 aromatic carbocycles. The molecule has 1 fully saturated rings. The molecular formula is C28H30ClF3N4O3. The number of ether oxygens (including phenoxy) is 2. The van der Waals surface area contributed by atoms with Gasteiger partial charge in [0.25, 0.3) is 5.91 Å². The average Bonchev–Trinajstić information content (AvgIpc) is 2.91. The lowest BCUT2D eigenvalue weighted by Gasteiger charge is -2.34. The van der Waals surface area contributed by atoms with Gasteiger partial charge in [-0.15, -0.1) is 0 Å². The molecule has 0 bridgehead atoms. The molecule has 0 spiro atoms. The first-order valence-corrected chi connectivity index (χ1v) is 12.9. The van der Waals surface area contributed by atoms with Gasteiger partial charge in [-0.1, -0.05) is 41.9 Å². The molecule has 4 rings (SSSR count). The van der Waals surface area contributed by atoms with Crippen LogP contribution in [0.1, 0.15) is 21.5 Å². The van der Waals surface area contributed by atoms with E-state index < -0.39 is 17.6 Å². The summed E-state index contributed by atoms with van der Waals surface area (Å²) in [6.45, 7) is 4.89. The number of pyridine rings is 1. The third kappa shape index (κ3) is 8.40. The van der Waals surface area contributed by atoms with Crippen LogP contribution in [0.5, 0.6) is 11.6 Å². The average molecular weight is 563 g/mol. The third-order valence-electron chi connectivity index (χ3n) is 6.32. The van der Waals surface area contributed by atoms with E-state index in [0.29, 0.717) is 13.2 Å². The van der Waals surface area contributed by atoms with Crippen molar-refractivity contribution in [2.24, 2.45) is 0 Å². The SMILES string of the molecule is CN1CCN(CC(COCc2ccccc2)NC(=O)c2cccnc2Oc2ccc(C(F)(F)F)cc2Cl)CC1. The number of rotatable bonds is 10. The molecule has 1 saturated heterocycles. The number of aromatic nitrogens is 1. The molecule has 0 aliphatic carbocycles. The summed E-state index contributed by atoms with van der Waals surface area (Å²) in [5.74, 6) is -0.554. The number of alkyl halides is 3. The van der Waals surface area contributed by atoms with E-state index in [1.165, 1.54) is 12.3 Å². The van der Waals surface area contributed by atoms with Crippen LogP contribution in [0.4, 0.5) is 13.2 Å². The van der Waals surface area contributed by atoms with Gasteiger partial charge in [-0.05, 0) is 42.9 Å². The van der Waals surface area contributed by atoms with Crippen molar-refractivity contribution in [3.05, 3.63) is 88.6 Å². The highest BCUT2D eigenvalue weighted by Crippen LogP contribution is 2.36. The Bertz CT molecular complexity index is 1240. The molecule has 2 heterocycles. The summed E-state index contributed by atoms with van der Waals surface area (Å²) >= 11 is 6.05. The van der Waals surface area contributed by atoms with Crippen molar-refractivity contribution in [1.29, 1.82) is 0 Å². The topological polar surface area (TPSA) is 66.9 Å². The molecule has 39 heavy (non-hydrogen) atoms. The van der Waals surface area contributed by atoms with Crippen molar-refractivity contribution in [1.82, 2.24) is 20.1 Å². The zero-order chi connectivity index (χ0) is 27.8. The number of amides is 1. The molecule has 1 amide bonds. The van der Waals surface area contributed by atoms with Crippen LogP contribution in [0.2, 0.25) is 5.02 Å². The largest absolute Gasteiger partial charge is 0.437 e. The van der Waals surface area contributed by atoms with E-state index in [4.69, 9.17) is 21.1 Å². The Labute approximate surface area is 230 Å². The Kier molecular flexibility index (Phi) is 9.79. The van der Waals surface area contributed by atoms with Crippen molar-refractivity contribution in [2.45, 2.75) is 18.8 Å². The van der Waals surface area contributed by atoms with Gasteiger partial charge >= 0.3 is 6.18 Å². The minimum Gasteiger partial charge on any atom is -0.437 e. The van der Waals surface area contributed by atoms with Crippen molar-refractivity contribution in [3.63, 3.8) is 0 Å². The fourth-order valence-corrected chi connectivity index (χ4v) is 4.37. The Morgan fingerprint density at radius 1 is 1.08 bits per heavy atom. The van der Waals surface area contributed by atoms with Crippen LogP contribution in [0.25, 0.3) is 0 Å². The monoisotopic (exact) mass is 562 g/mol. The maximum atomic E-state index is 13.4. The maximum absolute atomic E-state index is 13.4. The summed E-state index contributed by atoms with van der Waals surface area (Å²) in [6, 6.07) is 15.3. The molecule has 1 aromatic heterocycles. The Morgan fingerprint density at radius 3 is 2.51 bits per heavy atom. The second kappa shape index (κ2) is 13.3. The van der Waals surface area contributed by atoms with Crippen LogP contribution in [-0.2, 0) is 17.5 Å². The number of carbonyl (C=O) groups excluding carboxylic acids is 1. The van der Waals surface area contributed by atoms with E-state index in [9.17, 15) is 18.0 Å². The summed E-state index contributed by atoms with van der Waals surface area (Å²) in [4.78, 5) is 22.0. The fraction of sp³-hybridized carbons (Fsp3) is 0.357. The summed E-state index contributed by atoms with van der Waals surface area (Å²) in [7, 11) is 2.08. The quantitative estimate of drug-likeness (QED) is 0.370. The van der Waals surface area contributed by atoms with Gasteiger partial charge in [0.1, 0.15) is 11.3 Å². The maximum Gasteiger partial charge on any atom is 0.416 e. The van der Waals surface area contributed by atoms with E-state index in [-0.39, 0.29) is 34.9 Å². The number of piperazine rings is 1. The number of hydrogen-bond acceptors (Lipinski definition) is 6. The number of nitrogens with one attached hydrogen (secondary N) is 1. The van der Waals surface area contributed by atoms with Crippen LogP contribution in [0.15, 0.2) is 66.9 Å². The molecular weight excluding hydrogens is 533 g/mol. The van der Waals surface area contributed by atoms with Crippen molar-refractivity contribution >= 4 is 17.5 Å². The number of halogens is 4. The van der Waals surface area contributed by atoms with Crippen LogP contribution in [-0.4, -0.2) is 73.1 Å². The molecule has 1 aliphatic rings. The van der Waals surface area contributed by atoms with E-state index in [0.717, 1.165) is 49.9 Å². The minimum atomic E-state index is -4.54. The molecule has 1 N–H and O–H groups in total. The molecule has 1 aliphatic heterocycles. The van der Waals surface area contributed by atoms with E-state index in [1.54, 1.807) is 6.07 Å². The van der Waals surface area contributed by atoms with Gasteiger partial charge < -0.3 is 19.7 Å². The summed E-state index contributed by atoms with van der Waals surface area (Å²) in [5.41, 5.74) is 0.250. The van der Waals surface area contributed by atoms with Gasteiger partial charge in [0.15, 0.2) is 0 Å². The number of carbonyl (C=O) groups is 1. The highest BCUT2D eigenvalue weighted by atomic mass is 35.5. The van der Waals surface area contributed by atoms with Crippen LogP contribution in [0, 0.1) is 0 Å². The van der Waals surface area contributed by atoms with E-state index >= 15 is 0 Å². The standard InChI is InChI=1S/C28H30ClF3N4O3/c1-35-12-14-36(15-13-35)17-22(19-38-18-20-6-3-2-4-7-20)34-26(37)23-8-5-11-33-27(23)39-25-10-9-21(16-24(25)29)28(30,31)32/h2-11,16,22H,12-15,17-19H2,1H3,(H,34,37). The zero-order valence-electron chi connectivity index (χ0n) is 21.5. The molecule has 7 nitrogen and oxygen atoms in total. The summed E-state index contributed by atoms with van der Waals surface area (Å²) in [5, 5.41) is 2.78. The molecule has 0 radical (unpaired) electrons. The van der Waals surface area contributed by atoms with Gasteiger partial charge in [0, 0.05) is 38.9 Å². The van der Waals surface area contributed by atoms with Gasteiger partial charge in [0.05, 0.1) is 29.8 Å². The first kappa shape index (κ1) is 28.8. The van der Waals surface area contributed by atoms with Crippen LogP contribution < -0.4 is 10.1 Å². The fourth-order valence-electron chi connectivity index (χ4n) is 4.15. The summed E-state index contributed by atoms with van der Waals surface area (Å²) in [6.07, 6.45) is -3.12. The zero-order valence-corrected chi connectivity index (χ0v) is 22.2. The lowest BCUT2D eigenvalue weighted by Crippen LogP contribution is -2.52. The number of hydrogen-bond donors (Lipinski definition) is 1. The first-order chi connectivity index (χ1) is 18.7. The van der Waals surface area contributed by atoms with Gasteiger partial charge in [0.2, 0.25) is 5.88 Å². The molecule has 3 aromatic rings. The third-order valence-corrected chi connectivity index (χ3v) is 6.62. The minimum absolute atomic E-state index is 0.0439. The normalized spacial score (nSPS) is 15.6. The number of benzene rings is 2. The van der Waals surface area contributed by atoms with Gasteiger partial charge in [-0.3, -0.25) is 9.69 Å². The smallest absolute Gasteiger partial charge is 0.416 e. The molecule has 0 saturated carbocycles. The first-order valence-electron chi connectivity index (χ1n) is 12.5. The highest BCUT2D eigenvalue weighted by molar-refractivity contribution is 6.32. The van der Waals surface area contributed by atoms with Crippen molar-refractivity contribution in [2.75, 3.05) is 46.4 Å². The van der Waals surface area contributed by atoms with Crippen LogP contribution >= 0.6 is 11.6 Å². The Hall–Kier alpha value is -3.18. The second-order valence-corrected chi connectivity index (χ2v) is 9.78. The molecule has 1 atom stereocenters. The summed E-state index contributed by atoms with van der Waals surface area (Å²) < 4.78 is 50.7. The lowest BCUT2D eigenvalue weighted by molar-refractivity contribution is -0.137. The van der Waals surface area contributed by atoms with Crippen molar-refractivity contribution < 1.29 is 27.4 Å². The van der Waals surface area contributed by atoms with E-state index in [1.807, 2.05) is 30.3 Å². The second-order valence-electron chi connectivity index (χ2n) is 9.38. The Morgan fingerprint density at radius 2 is 1.82 bits per heavy atom. The molecule has 11 heteroatoms. The highest BCUT2D eigenvalue weighted by Gasteiger charge is 2.31. The van der Waals surface area contributed by atoms with Gasteiger partial charge in [-0.25, -0.2) is 4.98 Å². The lowest BCUT2D eigenvalue weighted by atomic mass is 10.2.